The van der Waals surface area contributed by atoms with Crippen LogP contribution in [0, 0.1) is 0 Å². The Balaban J connectivity index is 2.24. The van der Waals surface area contributed by atoms with Gasteiger partial charge < -0.3 is 9.08 Å². The highest BCUT2D eigenvalue weighted by molar-refractivity contribution is 7.86. The Morgan fingerprint density at radius 2 is 2.04 bits per heavy atom. The van der Waals surface area contributed by atoms with Gasteiger partial charge in [0, 0.05) is 12.6 Å². The summed E-state index contributed by atoms with van der Waals surface area (Å²) in [6.45, 7) is 4.43. The van der Waals surface area contributed by atoms with E-state index in [1.54, 1.807) is 23.1 Å². The van der Waals surface area contributed by atoms with E-state index in [-0.39, 0.29) is 17.7 Å². The standard InChI is InChI=1S/C17H21NO4S2/c1-4-13(2)18(17(19)16-9-6-10-23-16)12-14-7-5-8-15(11-14)22-24(3,20)21/h5-11,13H,4,12H2,1-3H3/t13-/m0/s1. The van der Waals surface area contributed by atoms with Crippen molar-refractivity contribution in [1.82, 2.24) is 4.90 Å². The molecule has 1 aromatic heterocycles. The number of rotatable bonds is 7. The van der Waals surface area contributed by atoms with E-state index >= 15 is 0 Å². The van der Waals surface area contributed by atoms with Crippen LogP contribution >= 0.6 is 11.3 Å². The molecule has 130 valence electrons. The Morgan fingerprint density at radius 3 is 2.62 bits per heavy atom. The third-order valence-electron chi connectivity index (χ3n) is 3.61. The zero-order chi connectivity index (χ0) is 17.7. The van der Waals surface area contributed by atoms with E-state index in [2.05, 4.69) is 0 Å². The second-order valence-corrected chi connectivity index (χ2v) is 8.13. The van der Waals surface area contributed by atoms with Gasteiger partial charge in [-0.1, -0.05) is 25.1 Å². The molecular weight excluding hydrogens is 346 g/mol. The van der Waals surface area contributed by atoms with Crippen LogP contribution in [0.15, 0.2) is 41.8 Å². The van der Waals surface area contributed by atoms with Crippen LogP contribution in [-0.4, -0.2) is 31.5 Å². The average Bonchev–Trinajstić information content (AvgIpc) is 3.04. The predicted molar refractivity (Wildman–Crippen MR) is 95.9 cm³/mol. The Hall–Kier alpha value is -1.86. The fraction of sp³-hybridized carbons (Fsp3) is 0.353. The molecule has 0 fully saturated rings. The molecule has 5 nitrogen and oxygen atoms in total. The minimum absolute atomic E-state index is 0.0196. The van der Waals surface area contributed by atoms with Crippen molar-refractivity contribution >= 4 is 27.4 Å². The first kappa shape index (κ1) is 18.5. The molecule has 0 aliphatic rings. The summed E-state index contributed by atoms with van der Waals surface area (Å²) in [5.74, 6) is 0.233. The quantitative estimate of drug-likeness (QED) is 0.702. The van der Waals surface area contributed by atoms with Gasteiger partial charge in [0.05, 0.1) is 11.1 Å². The molecule has 0 aliphatic carbocycles. The van der Waals surface area contributed by atoms with Gasteiger partial charge in [0.25, 0.3) is 5.91 Å². The van der Waals surface area contributed by atoms with Crippen molar-refractivity contribution in [1.29, 1.82) is 0 Å². The van der Waals surface area contributed by atoms with Crippen molar-refractivity contribution in [3.63, 3.8) is 0 Å². The summed E-state index contributed by atoms with van der Waals surface area (Å²) in [5.41, 5.74) is 0.821. The number of hydrogen-bond acceptors (Lipinski definition) is 5. The van der Waals surface area contributed by atoms with E-state index in [9.17, 15) is 13.2 Å². The van der Waals surface area contributed by atoms with Crippen molar-refractivity contribution in [2.75, 3.05) is 6.26 Å². The summed E-state index contributed by atoms with van der Waals surface area (Å²) < 4.78 is 27.4. The van der Waals surface area contributed by atoms with Crippen molar-refractivity contribution in [2.45, 2.75) is 32.9 Å². The maximum Gasteiger partial charge on any atom is 0.306 e. The third-order valence-corrected chi connectivity index (χ3v) is 4.97. The van der Waals surface area contributed by atoms with Crippen molar-refractivity contribution < 1.29 is 17.4 Å². The number of nitrogens with zero attached hydrogens (tertiary/aromatic N) is 1. The summed E-state index contributed by atoms with van der Waals surface area (Å²) in [5, 5.41) is 1.88. The summed E-state index contributed by atoms with van der Waals surface area (Å²) >= 11 is 1.41. The molecule has 0 radical (unpaired) electrons. The molecule has 0 unspecified atom stereocenters. The first-order chi connectivity index (χ1) is 11.3. The SMILES string of the molecule is CC[C@H](C)N(Cc1cccc(OS(C)(=O)=O)c1)C(=O)c1cccs1. The number of hydrogen-bond donors (Lipinski definition) is 0. The summed E-state index contributed by atoms with van der Waals surface area (Å²) in [7, 11) is -3.57. The Labute approximate surface area is 147 Å². The maximum atomic E-state index is 12.7. The number of thiophene rings is 1. The van der Waals surface area contributed by atoms with Gasteiger partial charge in [-0.2, -0.15) is 8.42 Å². The van der Waals surface area contributed by atoms with E-state index in [1.807, 2.05) is 37.4 Å². The lowest BCUT2D eigenvalue weighted by Gasteiger charge is -2.28. The van der Waals surface area contributed by atoms with Crippen LogP contribution in [0.4, 0.5) is 0 Å². The van der Waals surface area contributed by atoms with E-state index < -0.39 is 10.1 Å². The molecule has 0 aliphatic heterocycles. The van der Waals surface area contributed by atoms with E-state index in [1.165, 1.54) is 11.3 Å². The normalized spacial score (nSPS) is 12.6. The fourth-order valence-electron chi connectivity index (χ4n) is 2.26. The van der Waals surface area contributed by atoms with Gasteiger partial charge in [0.15, 0.2) is 0 Å². The minimum atomic E-state index is -3.57. The Bertz CT molecular complexity index is 785. The highest BCUT2D eigenvalue weighted by Crippen LogP contribution is 2.21. The molecule has 0 spiro atoms. The lowest BCUT2D eigenvalue weighted by Crippen LogP contribution is -2.37. The molecular formula is C17H21NO4S2. The van der Waals surface area contributed by atoms with E-state index in [0.29, 0.717) is 11.4 Å². The minimum Gasteiger partial charge on any atom is -0.383 e. The van der Waals surface area contributed by atoms with Gasteiger partial charge >= 0.3 is 10.1 Å². The molecule has 1 heterocycles. The molecule has 2 aromatic rings. The number of amides is 1. The molecule has 1 atom stereocenters. The zero-order valence-corrected chi connectivity index (χ0v) is 15.6. The Kier molecular flexibility index (Phi) is 6.01. The highest BCUT2D eigenvalue weighted by Gasteiger charge is 2.21. The molecule has 0 saturated heterocycles. The molecule has 24 heavy (non-hydrogen) atoms. The molecule has 0 bridgehead atoms. The van der Waals surface area contributed by atoms with E-state index in [0.717, 1.165) is 18.2 Å². The van der Waals surface area contributed by atoms with Gasteiger partial charge in [-0.25, -0.2) is 0 Å². The monoisotopic (exact) mass is 367 g/mol. The number of benzene rings is 1. The van der Waals surface area contributed by atoms with Crippen LogP contribution in [0.2, 0.25) is 0 Å². The molecule has 7 heteroatoms. The first-order valence-electron chi connectivity index (χ1n) is 7.63. The second kappa shape index (κ2) is 7.81. The molecule has 2 rings (SSSR count). The lowest BCUT2D eigenvalue weighted by molar-refractivity contribution is 0.0676. The molecule has 1 aromatic carbocycles. The lowest BCUT2D eigenvalue weighted by atomic mass is 10.1. The van der Waals surface area contributed by atoms with Crippen LogP contribution in [0.25, 0.3) is 0 Å². The van der Waals surface area contributed by atoms with Gasteiger partial charge in [0.1, 0.15) is 5.75 Å². The molecule has 0 saturated carbocycles. The summed E-state index contributed by atoms with van der Waals surface area (Å²) in [6, 6.07) is 10.5. The highest BCUT2D eigenvalue weighted by atomic mass is 32.2. The number of carbonyl (C=O) groups is 1. The smallest absolute Gasteiger partial charge is 0.306 e. The van der Waals surface area contributed by atoms with Gasteiger partial charge in [-0.3, -0.25) is 4.79 Å². The largest absolute Gasteiger partial charge is 0.383 e. The van der Waals surface area contributed by atoms with Crippen molar-refractivity contribution in [3.8, 4) is 5.75 Å². The predicted octanol–water partition coefficient (Wildman–Crippen LogP) is 3.53. The molecule has 1 amide bonds. The third kappa shape index (κ3) is 5.07. The fourth-order valence-corrected chi connectivity index (χ4v) is 3.39. The van der Waals surface area contributed by atoms with Gasteiger partial charge in [0.2, 0.25) is 0 Å². The van der Waals surface area contributed by atoms with Crippen LogP contribution in [0.5, 0.6) is 5.75 Å². The topological polar surface area (TPSA) is 63.7 Å². The average molecular weight is 367 g/mol. The van der Waals surface area contributed by atoms with Gasteiger partial charge in [-0.05, 0) is 42.5 Å². The summed E-state index contributed by atoms with van der Waals surface area (Å²) in [4.78, 5) is 15.2. The number of carbonyl (C=O) groups excluding carboxylic acids is 1. The van der Waals surface area contributed by atoms with Crippen LogP contribution < -0.4 is 4.18 Å². The van der Waals surface area contributed by atoms with Gasteiger partial charge in [-0.15, -0.1) is 11.3 Å². The summed E-state index contributed by atoms with van der Waals surface area (Å²) in [6.07, 6.45) is 1.84. The van der Waals surface area contributed by atoms with E-state index in [4.69, 9.17) is 4.18 Å². The van der Waals surface area contributed by atoms with Crippen LogP contribution in [0.3, 0.4) is 0 Å². The maximum absolute atomic E-state index is 12.7. The first-order valence-corrected chi connectivity index (χ1v) is 10.3. The van der Waals surface area contributed by atoms with Crippen molar-refractivity contribution in [3.05, 3.63) is 52.2 Å². The van der Waals surface area contributed by atoms with Crippen LogP contribution in [0.1, 0.15) is 35.5 Å². The molecule has 0 N–H and O–H groups in total. The Morgan fingerprint density at radius 1 is 1.29 bits per heavy atom. The van der Waals surface area contributed by atoms with Crippen LogP contribution in [-0.2, 0) is 16.7 Å². The second-order valence-electron chi connectivity index (χ2n) is 5.60. The van der Waals surface area contributed by atoms with Crippen molar-refractivity contribution in [2.24, 2.45) is 0 Å². The zero-order valence-electron chi connectivity index (χ0n) is 13.9.